The number of benzene rings is 2. The number of nitrogens with one attached hydrogen (secondary N) is 1. The summed E-state index contributed by atoms with van der Waals surface area (Å²) in [6.07, 6.45) is 3.67. The van der Waals surface area contributed by atoms with Crippen LogP contribution >= 0.6 is 0 Å². The smallest absolute Gasteiger partial charge is 0.269 e. The Balaban J connectivity index is 1.52. The first-order chi connectivity index (χ1) is 13.5. The molecule has 0 atom stereocenters. The van der Waals surface area contributed by atoms with Crippen molar-refractivity contribution in [3.05, 3.63) is 81.0 Å². The Morgan fingerprint density at radius 2 is 1.89 bits per heavy atom. The lowest BCUT2D eigenvalue weighted by Gasteiger charge is -2.10. The Labute approximate surface area is 162 Å². The molecule has 0 unspecified atom stereocenters. The first-order valence-corrected chi connectivity index (χ1v) is 9.21. The molecule has 0 fully saturated rings. The minimum Gasteiger partial charge on any atom is -0.310 e. The van der Waals surface area contributed by atoms with Crippen LogP contribution in [0.25, 0.3) is 5.69 Å². The molecule has 0 spiro atoms. The van der Waals surface area contributed by atoms with Crippen LogP contribution in [0.1, 0.15) is 28.8 Å². The zero-order valence-electron chi connectivity index (χ0n) is 15.5. The van der Waals surface area contributed by atoms with Crippen LogP contribution in [0.15, 0.2) is 48.5 Å². The Hall–Kier alpha value is -3.48. The molecule has 0 saturated heterocycles. The molecule has 1 aromatic heterocycles. The number of nitrogens with zero attached hydrogens (tertiary/aromatic N) is 3. The summed E-state index contributed by atoms with van der Waals surface area (Å²) in [5, 5.41) is 18.1. The second kappa shape index (κ2) is 7.26. The van der Waals surface area contributed by atoms with Gasteiger partial charge in [0.25, 0.3) is 5.69 Å². The van der Waals surface area contributed by atoms with Crippen molar-refractivity contribution in [1.29, 1.82) is 0 Å². The normalized spacial score (nSPS) is 12.6. The third-order valence-corrected chi connectivity index (χ3v) is 4.93. The highest BCUT2D eigenvalue weighted by atomic mass is 16.6. The van der Waals surface area contributed by atoms with Gasteiger partial charge in [0.15, 0.2) is 0 Å². The summed E-state index contributed by atoms with van der Waals surface area (Å²) in [5.74, 6) is 0.415. The molecule has 7 nitrogen and oxygen atoms in total. The van der Waals surface area contributed by atoms with E-state index in [1.54, 1.807) is 22.9 Å². The molecule has 1 heterocycles. The maximum absolute atomic E-state index is 12.6. The van der Waals surface area contributed by atoms with Crippen molar-refractivity contribution < 1.29 is 9.72 Å². The molecule has 0 bridgehead atoms. The quantitative estimate of drug-likeness (QED) is 0.542. The number of non-ortho nitro benzene ring substituents is 1. The zero-order valence-corrected chi connectivity index (χ0v) is 15.5. The van der Waals surface area contributed by atoms with Crippen LogP contribution in [-0.2, 0) is 24.1 Å². The Bertz CT molecular complexity index is 1050. The summed E-state index contributed by atoms with van der Waals surface area (Å²) in [7, 11) is 0. The average Bonchev–Trinajstić information content (AvgIpc) is 3.27. The lowest BCUT2D eigenvalue weighted by Crippen LogP contribution is -2.17. The fraction of sp³-hybridized carbons (Fsp3) is 0.238. The van der Waals surface area contributed by atoms with E-state index in [1.165, 1.54) is 29.7 Å². The Morgan fingerprint density at radius 3 is 2.64 bits per heavy atom. The third kappa shape index (κ3) is 3.64. The van der Waals surface area contributed by atoms with Crippen molar-refractivity contribution in [3.63, 3.8) is 0 Å². The van der Waals surface area contributed by atoms with Crippen molar-refractivity contribution >= 4 is 17.4 Å². The monoisotopic (exact) mass is 376 g/mol. The van der Waals surface area contributed by atoms with E-state index in [2.05, 4.69) is 22.5 Å². The highest BCUT2D eigenvalue weighted by Crippen LogP contribution is 2.24. The van der Waals surface area contributed by atoms with Crippen molar-refractivity contribution in [1.82, 2.24) is 9.78 Å². The van der Waals surface area contributed by atoms with Gasteiger partial charge in [-0.05, 0) is 55.0 Å². The number of hydrogen-bond acceptors (Lipinski definition) is 4. The lowest BCUT2D eigenvalue weighted by atomic mass is 10.0. The van der Waals surface area contributed by atoms with Gasteiger partial charge in [0, 0.05) is 18.2 Å². The predicted molar refractivity (Wildman–Crippen MR) is 106 cm³/mol. The molecule has 1 aliphatic carbocycles. The number of hydrogen-bond donors (Lipinski definition) is 1. The molecule has 1 amide bonds. The van der Waals surface area contributed by atoms with Gasteiger partial charge in [0.05, 0.1) is 22.7 Å². The Morgan fingerprint density at radius 1 is 1.14 bits per heavy atom. The van der Waals surface area contributed by atoms with Crippen LogP contribution in [0, 0.1) is 17.0 Å². The fourth-order valence-electron chi connectivity index (χ4n) is 3.61. The van der Waals surface area contributed by atoms with Crippen LogP contribution in [0.5, 0.6) is 0 Å². The average molecular weight is 376 g/mol. The first-order valence-electron chi connectivity index (χ1n) is 9.21. The molecule has 28 heavy (non-hydrogen) atoms. The van der Waals surface area contributed by atoms with Gasteiger partial charge in [-0.15, -0.1) is 0 Å². The van der Waals surface area contributed by atoms with E-state index in [0.717, 1.165) is 24.1 Å². The summed E-state index contributed by atoms with van der Waals surface area (Å²) in [6.45, 7) is 1.83. The number of aryl methyl sites for hydroxylation is 3. The van der Waals surface area contributed by atoms with Crippen LogP contribution in [0.2, 0.25) is 0 Å². The maximum Gasteiger partial charge on any atom is 0.269 e. The number of carbonyl (C=O) groups is 1. The van der Waals surface area contributed by atoms with Gasteiger partial charge in [-0.3, -0.25) is 14.9 Å². The molecule has 2 aromatic carbocycles. The second-order valence-electron chi connectivity index (χ2n) is 7.04. The van der Waals surface area contributed by atoms with Gasteiger partial charge in [0.1, 0.15) is 5.82 Å². The van der Waals surface area contributed by atoms with Crippen molar-refractivity contribution in [3.8, 4) is 5.69 Å². The van der Waals surface area contributed by atoms with Gasteiger partial charge in [-0.25, -0.2) is 4.68 Å². The van der Waals surface area contributed by atoms with E-state index in [0.29, 0.717) is 11.5 Å². The highest BCUT2D eigenvalue weighted by Gasteiger charge is 2.15. The molecular weight excluding hydrogens is 356 g/mol. The predicted octanol–water partition coefficient (Wildman–Crippen LogP) is 3.76. The van der Waals surface area contributed by atoms with Crippen LogP contribution in [0.4, 0.5) is 11.5 Å². The van der Waals surface area contributed by atoms with Crippen LogP contribution in [0.3, 0.4) is 0 Å². The summed E-state index contributed by atoms with van der Waals surface area (Å²) >= 11 is 0. The minimum absolute atomic E-state index is 0.00910. The number of fused-ring (bicyclic) bond motifs is 1. The van der Waals surface area contributed by atoms with Gasteiger partial charge >= 0.3 is 0 Å². The number of amides is 1. The maximum atomic E-state index is 12.6. The van der Waals surface area contributed by atoms with Crippen LogP contribution in [-0.4, -0.2) is 20.6 Å². The van der Waals surface area contributed by atoms with E-state index in [4.69, 9.17) is 0 Å². The number of rotatable bonds is 5. The molecule has 7 heteroatoms. The van der Waals surface area contributed by atoms with Gasteiger partial charge in [-0.1, -0.05) is 18.2 Å². The van der Waals surface area contributed by atoms with Crippen molar-refractivity contribution in [2.75, 3.05) is 5.32 Å². The van der Waals surface area contributed by atoms with Crippen molar-refractivity contribution in [2.24, 2.45) is 0 Å². The van der Waals surface area contributed by atoms with Gasteiger partial charge in [0.2, 0.25) is 5.91 Å². The van der Waals surface area contributed by atoms with Gasteiger partial charge < -0.3 is 5.32 Å². The van der Waals surface area contributed by atoms with E-state index in [-0.39, 0.29) is 18.0 Å². The standard InChI is InChI=1S/C21H20N4O3/c1-14-11-20(24(23-14)18-7-9-19(10-8-18)25(27)28)22-21(26)13-15-5-6-16-3-2-4-17(16)12-15/h5-12H,2-4,13H2,1H3,(H,22,26). The largest absolute Gasteiger partial charge is 0.310 e. The number of nitro groups is 1. The van der Waals surface area contributed by atoms with Crippen LogP contribution < -0.4 is 5.32 Å². The van der Waals surface area contributed by atoms with E-state index in [1.807, 2.05) is 13.0 Å². The number of anilines is 1. The molecule has 0 saturated carbocycles. The van der Waals surface area contributed by atoms with Gasteiger partial charge in [-0.2, -0.15) is 5.10 Å². The summed E-state index contributed by atoms with van der Waals surface area (Å²) < 4.78 is 1.58. The van der Waals surface area contributed by atoms with E-state index >= 15 is 0 Å². The van der Waals surface area contributed by atoms with Crippen molar-refractivity contribution in [2.45, 2.75) is 32.6 Å². The molecule has 3 aromatic rings. The molecule has 0 radical (unpaired) electrons. The SMILES string of the molecule is Cc1cc(NC(=O)Cc2ccc3c(c2)CCC3)n(-c2ccc([N+](=O)[O-])cc2)n1. The fourth-order valence-corrected chi connectivity index (χ4v) is 3.61. The third-order valence-electron chi connectivity index (χ3n) is 4.93. The molecule has 1 N–H and O–H groups in total. The lowest BCUT2D eigenvalue weighted by molar-refractivity contribution is -0.384. The zero-order chi connectivity index (χ0) is 19.7. The van der Waals surface area contributed by atoms with E-state index < -0.39 is 4.92 Å². The first kappa shape index (κ1) is 17.9. The highest BCUT2D eigenvalue weighted by molar-refractivity contribution is 5.91. The molecule has 142 valence electrons. The summed E-state index contributed by atoms with van der Waals surface area (Å²) in [6, 6.07) is 14.1. The second-order valence-corrected chi connectivity index (χ2v) is 7.04. The number of nitro benzene ring substituents is 1. The minimum atomic E-state index is -0.447. The molecule has 4 rings (SSSR count). The Kier molecular flexibility index (Phi) is 4.65. The topological polar surface area (TPSA) is 90.1 Å². The molecule has 1 aliphatic rings. The van der Waals surface area contributed by atoms with E-state index in [9.17, 15) is 14.9 Å². The number of aromatic nitrogens is 2. The summed E-state index contributed by atoms with van der Waals surface area (Å²) in [5.41, 5.74) is 5.12. The number of carbonyl (C=O) groups excluding carboxylic acids is 1. The molecular formula is C21H20N4O3. The molecule has 0 aliphatic heterocycles. The summed E-state index contributed by atoms with van der Waals surface area (Å²) in [4.78, 5) is 23.0.